The number of imidazole rings is 1. The van der Waals surface area contributed by atoms with Crippen molar-refractivity contribution in [2.45, 2.75) is 37.8 Å². The lowest BCUT2D eigenvalue weighted by Gasteiger charge is -2.24. The average Bonchev–Trinajstić information content (AvgIpc) is 2.95. The Balaban J connectivity index is 2.10. The molecule has 3 rings (SSSR count). The van der Waals surface area contributed by atoms with Crippen LogP contribution in [0.1, 0.15) is 24.4 Å². The summed E-state index contributed by atoms with van der Waals surface area (Å²) in [5, 5.41) is 22.7. The van der Waals surface area contributed by atoms with Crippen molar-refractivity contribution in [2.75, 3.05) is 6.61 Å². The Morgan fingerprint density at radius 2 is 2.24 bits per heavy atom. The molecule has 1 aliphatic rings. The summed E-state index contributed by atoms with van der Waals surface area (Å²) in [6.07, 6.45) is -4.19. The fraction of sp³-hybridized carbons (Fsp3) is 0.583. The molecule has 0 aromatic carbocycles. The van der Waals surface area contributed by atoms with E-state index in [4.69, 9.17) is 4.74 Å². The van der Waals surface area contributed by atoms with Crippen molar-refractivity contribution >= 4 is 5.65 Å². The van der Waals surface area contributed by atoms with Crippen molar-refractivity contribution in [3.63, 3.8) is 0 Å². The molecule has 0 bridgehead atoms. The monoisotopic (exact) mass is 300 g/mol. The molecule has 114 valence electrons. The first-order valence-electron chi connectivity index (χ1n) is 6.36. The highest BCUT2D eigenvalue weighted by Crippen LogP contribution is 2.41. The maximum absolute atomic E-state index is 14.3. The lowest BCUT2D eigenvalue weighted by molar-refractivity contribution is -0.100. The number of nitrogens with zero attached hydrogens (tertiary/aromatic N) is 4. The number of fused-ring (bicyclic) bond motifs is 1. The summed E-state index contributed by atoms with van der Waals surface area (Å²) in [7, 11) is 0. The minimum atomic E-state index is -1.79. The first kappa shape index (κ1) is 14.2. The molecule has 1 fully saturated rings. The Hall–Kier alpha value is -1.71. The molecule has 0 saturated carbocycles. The van der Waals surface area contributed by atoms with E-state index in [-0.39, 0.29) is 11.3 Å². The zero-order valence-corrected chi connectivity index (χ0v) is 11.4. The molecule has 1 saturated heterocycles. The number of rotatable bonds is 2. The second-order valence-corrected chi connectivity index (χ2v) is 5.28. The molecule has 1 aliphatic heterocycles. The molecule has 4 atom stereocenters. The summed E-state index contributed by atoms with van der Waals surface area (Å²) in [6, 6.07) is 0. The van der Waals surface area contributed by atoms with Gasteiger partial charge in [0.2, 0.25) is 0 Å². The largest absolute Gasteiger partial charge is 0.393 e. The quantitative estimate of drug-likeness (QED) is 0.817. The molecule has 0 amide bonds. The van der Waals surface area contributed by atoms with E-state index < -0.39 is 36.7 Å². The molecule has 21 heavy (non-hydrogen) atoms. The number of aromatic nitrogens is 4. The van der Waals surface area contributed by atoms with Gasteiger partial charge in [0.25, 0.3) is 0 Å². The van der Waals surface area contributed by atoms with Crippen LogP contribution in [0, 0.1) is 13.0 Å². The summed E-state index contributed by atoms with van der Waals surface area (Å²) in [4.78, 5) is 7.55. The van der Waals surface area contributed by atoms with Gasteiger partial charge in [-0.3, -0.25) is 0 Å². The van der Waals surface area contributed by atoms with Crippen LogP contribution < -0.4 is 0 Å². The number of aliphatic hydroxyl groups excluding tert-OH is 2. The number of hydrogen-bond acceptors (Lipinski definition) is 6. The minimum Gasteiger partial charge on any atom is -0.393 e. The number of aryl methyl sites for hydroxylation is 1. The van der Waals surface area contributed by atoms with E-state index in [0.717, 1.165) is 4.52 Å². The van der Waals surface area contributed by atoms with Crippen LogP contribution in [0.25, 0.3) is 5.65 Å². The first-order chi connectivity index (χ1) is 9.87. The van der Waals surface area contributed by atoms with Gasteiger partial charge in [0.05, 0.1) is 24.2 Å². The number of ether oxygens (including phenoxy) is 1. The standard InChI is InChI=1S/C12H14F2N4O3/c1-5-10-15-3-6(18(10)17-11(14)16-5)8-7(13)9(20)12(2,4-19)21-8/h3,7-9,19-20H,4H2,1-2H3/t7-,8-,9-,12+/m0/s1. The number of alkyl halides is 1. The van der Waals surface area contributed by atoms with Crippen LogP contribution >= 0.6 is 0 Å². The molecule has 0 radical (unpaired) electrons. The molecular weight excluding hydrogens is 286 g/mol. The smallest absolute Gasteiger partial charge is 0.326 e. The van der Waals surface area contributed by atoms with Gasteiger partial charge in [0.1, 0.15) is 17.8 Å². The molecular formula is C12H14F2N4O3. The van der Waals surface area contributed by atoms with E-state index in [9.17, 15) is 19.0 Å². The van der Waals surface area contributed by atoms with E-state index in [1.54, 1.807) is 6.92 Å². The van der Waals surface area contributed by atoms with E-state index >= 15 is 0 Å². The summed E-state index contributed by atoms with van der Waals surface area (Å²) in [5.74, 6) is 0. The summed E-state index contributed by atoms with van der Waals surface area (Å²) in [6.45, 7) is 2.39. The normalized spacial score (nSPS) is 33.0. The maximum Gasteiger partial charge on any atom is 0.326 e. The van der Waals surface area contributed by atoms with Crippen molar-refractivity contribution in [3.05, 3.63) is 23.7 Å². The van der Waals surface area contributed by atoms with Crippen LogP contribution in [0.15, 0.2) is 6.20 Å². The zero-order chi connectivity index (χ0) is 15.4. The Morgan fingerprint density at radius 3 is 2.86 bits per heavy atom. The van der Waals surface area contributed by atoms with Crippen LogP contribution in [-0.2, 0) is 4.74 Å². The third-order valence-corrected chi connectivity index (χ3v) is 3.75. The summed E-state index contributed by atoms with van der Waals surface area (Å²) in [5.41, 5.74) is -0.713. The second kappa shape index (κ2) is 4.65. The lowest BCUT2D eigenvalue weighted by atomic mass is 9.98. The molecule has 0 spiro atoms. The Morgan fingerprint density at radius 1 is 1.52 bits per heavy atom. The highest BCUT2D eigenvalue weighted by atomic mass is 19.1. The fourth-order valence-electron chi connectivity index (χ4n) is 2.48. The molecule has 2 N–H and O–H groups in total. The van der Waals surface area contributed by atoms with Gasteiger partial charge in [0, 0.05) is 0 Å². The first-order valence-corrected chi connectivity index (χ1v) is 6.36. The van der Waals surface area contributed by atoms with Gasteiger partial charge >= 0.3 is 6.08 Å². The van der Waals surface area contributed by atoms with Crippen LogP contribution in [-0.4, -0.2) is 54.3 Å². The van der Waals surface area contributed by atoms with E-state index in [1.165, 1.54) is 13.1 Å². The average molecular weight is 300 g/mol. The molecule has 7 nitrogen and oxygen atoms in total. The van der Waals surface area contributed by atoms with Gasteiger partial charge in [-0.2, -0.15) is 4.39 Å². The highest BCUT2D eigenvalue weighted by molar-refractivity contribution is 5.43. The van der Waals surface area contributed by atoms with Crippen LogP contribution in [0.4, 0.5) is 8.78 Å². The maximum atomic E-state index is 14.3. The summed E-state index contributed by atoms with van der Waals surface area (Å²) < 4.78 is 34.2. The summed E-state index contributed by atoms with van der Waals surface area (Å²) >= 11 is 0. The number of hydrogen-bond donors (Lipinski definition) is 2. The van der Waals surface area contributed by atoms with Crippen molar-refractivity contribution in [1.29, 1.82) is 0 Å². The van der Waals surface area contributed by atoms with Gasteiger partial charge in [-0.1, -0.05) is 0 Å². The van der Waals surface area contributed by atoms with Gasteiger partial charge in [-0.05, 0) is 13.8 Å². The number of aliphatic hydroxyl groups is 2. The lowest BCUT2D eigenvalue weighted by Crippen LogP contribution is -2.42. The minimum absolute atomic E-state index is 0.151. The Kier molecular flexibility index (Phi) is 3.15. The predicted molar refractivity (Wildman–Crippen MR) is 65.7 cm³/mol. The van der Waals surface area contributed by atoms with Gasteiger partial charge < -0.3 is 14.9 Å². The van der Waals surface area contributed by atoms with Crippen molar-refractivity contribution in [3.8, 4) is 0 Å². The molecule has 9 heteroatoms. The van der Waals surface area contributed by atoms with Crippen molar-refractivity contribution in [2.24, 2.45) is 0 Å². The molecule has 2 aromatic rings. The fourth-order valence-corrected chi connectivity index (χ4v) is 2.48. The van der Waals surface area contributed by atoms with Gasteiger partial charge in [0.15, 0.2) is 11.8 Å². The molecule has 3 heterocycles. The SMILES string of the molecule is Cc1nc(F)nn2c([C@@H]3O[C@](C)(CO)[C@@H](O)[C@H]3F)cnc12. The molecule has 0 aliphatic carbocycles. The van der Waals surface area contributed by atoms with Crippen molar-refractivity contribution < 1.29 is 23.7 Å². The molecule has 0 unspecified atom stereocenters. The molecule has 2 aromatic heterocycles. The third kappa shape index (κ3) is 2.00. The predicted octanol–water partition coefficient (Wildman–Crippen LogP) is 0.0931. The third-order valence-electron chi connectivity index (χ3n) is 3.75. The Bertz CT molecular complexity index is 694. The van der Waals surface area contributed by atoms with Crippen LogP contribution in [0.3, 0.4) is 0 Å². The number of halogens is 2. The van der Waals surface area contributed by atoms with Crippen LogP contribution in [0.2, 0.25) is 0 Å². The Labute approximate surface area is 118 Å². The van der Waals surface area contributed by atoms with Crippen LogP contribution in [0.5, 0.6) is 0 Å². The van der Waals surface area contributed by atoms with Gasteiger partial charge in [-0.25, -0.2) is 18.9 Å². The van der Waals surface area contributed by atoms with E-state index in [2.05, 4.69) is 15.1 Å². The van der Waals surface area contributed by atoms with E-state index in [0.29, 0.717) is 5.69 Å². The highest BCUT2D eigenvalue weighted by Gasteiger charge is 2.53. The second-order valence-electron chi connectivity index (χ2n) is 5.28. The van der Waals surface area contributed by atoms with E-state index in [1.807, 2.05) is 0 Å². The topological polar surface area (TPSA) is 92.8 Å². The zero-order valence-electron chi connectivity index (χ0n) is 11.4. The van der Waals surface area contributed by atoms with Crippen molar-refractivity contribution in [1.82, 2.24) is 19.6 Å². The van der Waals surface area contributed by atoms with Gasteiger partial charge in [-0.15, -0.1) is 5.10 Å².